The van der Waals surface area contributed by atoms with E-state index >= 15 is 0 Å². The van der Waals surface area contributed by atoms with Crippen LogP contribution >= 0.6 is 0 Å². The van der Waals surface area contributed by atoms with Crippen molar-refractivity contribution in [2.75, 3.05) is 0 Å². The van der Waals surface area contributed by atoms with Gasteiger partial charge in [0.15, 0.2) is 0 Å². The lowest BCUT2D eigenvalue weighted by atomic mass is 9.59. The Morgan fingerprint density at radius 3 is 2.62 bits per heavy atom. The largest absolute Gasteiger partial charge is 0.307 e. The molecule has 0 amide bonds. The van der Waals surface area contributed by atoms with E-state index < -0.39 is 10.7 Å². The first-order valence-corrected chi connectivity index (χ1v) is 7.85. The zero-order valence-corrected chi connectivity index (χ0v) is 12.7. The van der Waals surface area contributed by atoms with Crippen molar-refractivity contribution in [2.24, 2.45) is 11.3 Å². The summed E-state index contributed by atoms with van der Waals surface area (Å²) in [5.41, 5.74) is 0.602. The molecule has 0 bridgehead atoms. The van der Waals surface area contributed by atoms with Crippen molar-refractivity contribution in [3.8, 4) is 0 Å². The van der Waals surface area contributed by atoms with Crippen LogP contribution < -0.4 is 0 Å². The minimum Gasteiger partial charge on any atom is -0.307 e. The van der Waals surface area contributed by atoms with E-state index in [1.165, 1.54) is 5.56 Å². The maximum absolute atomic E-state index is 11.1. The lowest BCUT2D eigenvalue weighted by molar-refractivity contribution is -0.787. The molecule has 2 saturated carbocycles. The van der Waals surface area contributed by atoms with Crippen molar-refractivity contribution in [3.63, 3.8) is 0 Å². The van der Waals surface area contributed by atoms with E-state index in [-0.39, 0.29) is 5.41 Å². The van der Waals surface area contributed by atoms with Gasteiger partial charge in [0.05, 0.1) is 0 Å². The monoisotopic (exact) mass is 289 g/mol. The van der Waals surface area contributed by atoms with Crippen LogP contribution in [0.5, 0.6) is 0 Å². The molecule has 4 nitrogen and oxygen atoms in total. The Balaban J connectivity index is 1.92. The average molecular weight is 289 g/mol. The Labute approximate surface area is 125 Å². The average Bonchev–Trinajstić information content (AvgIpc) is 2.71. The molecule has 0 aliphatic heterocycles. The minimum absolute atomic E-state index is 0.0780. The molecule has 0 saturated heterocycles. The Bertz CT molecular complexity index is 532. The third-order valence-corrected chi connectivity index (χ3v) is 6.22. The quantitative estimate of drug-likeness (QED) is 0.614. The van der Waals surface area contributed by atoms with Gasteiger partial charge in [-0.3, -0.25) is 0 Å². The summed E-state index contributed by atoms with van der Waals surface area (Å²) >= 11 is 0. The third kappa shape index (κ3) is 2.21. The molecule has 4 heteroatoms. The highest BCUT2D eigenvalue weighted by Gasteiger charge is 2.60. The van der Waals surface area contributed by atoms with E-state index in [0.717, 1.165) is 32.1 Å². The molecule has 0 heterocycles. The Kier molecular flexibility index (Phi) is 3.42. The van der Waals surface area contributed by atoms with Crippen molar-refractivity contribution in [1.82, 2.24) is 0 Å². The molecule has 2 fully saturated rings. The van der Waals surface area contributed by atoms with E-state index in [0.29, 0.717) is 11.8 Å². The predicted octanol–water partition coefficient (Wildman–Crippen LogP) is 4.34. The van der Waals surface area contributed by atoms with Crippen molar-refractivity contribution >= 4 is 0 Å². The van der Waals surface area contributed by atoms with Crippen molar-refractivity contribution in [3.05, 3.63) is 46.0 Å². The van der Waals surface area contributed by atoms with Crippen LogP contribution in [0.3, 0.4) is 0 Å². The first-order chi connectivity index (χ1) is 9.97. The third-order valence-electron chi connectivity index (χ3n) is 6.22. The second-order valence-corrected chi connectivity index (χ2v) is 7.02. The molecule has 3 rings (SSSR count). The SMILES string of the molecule is CC1CCC2(O[N+](=O)[O-])CC(c3ccccc3)CCC12C. The second-order valence-electron chi connectivity index (χ2n) is 7.02. The van der Waals surface area contributed by atoms with Crippen LogP contribution in [-0.2, 0) is 4.84 Å². The van der Waals surface area contributed by atoms with Crippen LogP contribution in [0.4, 0.5) is 0 Å². The lowest BCUT2D eigenvalue weighted by Crippen LogP contribution is -2.51. The Hall–Kier alpha value is -1.58. The summed E-state index contributed by atoms with van der Waals surface area (Å²) in [6.45, 7) is 4.41. The summed E-state index contributed by atoms with van der Waals surface area (Å²) in [4.78, 5) is 16.4. The van der Waals surface area contributed by atoms with Gasteiger partial charge in [-0.2, -0.15) is 0 Å². The molecular weight excluding hydrogens is 266 g/mol. The lowest BCUT2D eigenvalue weighted by Gasteiger charge is -2.50. The Morgan fingerprint density at radius 2 is 1.95 bits per heavy atom. The number of nitrogens with zero attached hydrogens (tertiary/aromatic N) is 1. The molecule has 0 spiro atoms. The molecule has 114 valence electrons. The zero-order valence-electron chi connectivity index (χ0n) is 12.7. The summed E-state index contributed by atoms with van der Waals surface area (Å²) in [5, 5.41) is 10.5. The fourth-order valence-electron chi connectivity index (χ4n) is 4.63. The van der Waals surface area contributed by atoms with Crippen molar-refractivity contribution in [2.45, 2.75) is 57.5 Å². The van der Waals surface area contributed by atoms with Crippen LogP contribution in [0.2, 0.25) is 0 Å². The number of rotatable bonds is 3. The number of benzene rings is 1. The number of hydrogen-bond acceptors (Lipinski definition) is 3. The van der Waals surface area contributed by atoms with Crippen LogP contribution in [0.1, 0.15) is 57.4 Å². The molecule has 1 aromatic rings. The summed E-state index contributed by atoms with van der Waals surface area (Å²) in [6.07, 6.45) is 4.68. The second kappa shape index (κ2) is 5.00. The van der Waals surface area contributed by atoms with Gasteiger partial charge in [0.1, 0.15) is 5.60 Å². The van der Waals surface area contributed by atoms with Crippen molar-refractivity contribution < 1.29 is 9.92 Å². The number of fused-ring (bicyclic) bond motifs is 1. The molecule has 0 N–H and O–H groups in total. The topological polar surface area (TPSA) is 52.4 Å². The summed E-state index contributed by atoms with van der Waals surface area (Å²) in [5.74, 6) is 0.846. The van der Waals surface area contributed by atoms with Gasteiger partial charge in [-0.1, -0.05) is 44.2 Å². The van der Waals surface area contributed by atoms with Gasteiger partial charge in [0, 0.05) is 0 Å². The van der Waals surface area contributed by atoms with Crippen LogP contribution in [0.25, 0.3) is 0 Å². The fraction of sp³-hybridized carbons (Fsp3) is 0.647. The standard InChI is InChI=1S/C17H23NO3/c1-13-8-11-17(21-18(19)20)12-15(9-10-16(13,17)2)14-6-4-3-5-7-14/h3-7,13,15H,8-12H2,1-2H3. The predicted molar refractivity (Wildman–Crippen MR) is 80.3 cm³/mol. The number of hydrogen-bond donors (Lipinski definition) is 0. The Morgan fingerprint density at radius 1 is 1.24 bits per heavy atom. The van der Waals surface area contributed by atoms with E-state index in [1.807, 2.05) is 18.2 Å². The highest BCUT2D eigenvalue weighted by Crippen LogP contribution is 2.62. The maximum atomic E-state index is 11.1. The van der Waals surface area contributed by atoms with Gasteiger partial charge >= 0.3 is 0 Å². The van der Waals surface area contributed by atoms with Crippen LogP contribution in [-0.4, -0.2) is 10.7 Å². The van der Waals surface area contributed by atoms with Gasteiger partial charge in [-0.15, -0.1) is 10.1 Å². The molecule has 0 aromatic heterocycles. The first kappa shape index (κ1) is 14.4. The van der Waals surface area contributed by atoms with Crippen LogP contribution in [0.15, 0.2) is 30.3 Å². The van der Waals surface area contributed by atoms with Gasteiger partial charge < -0.3 is 4.84 Å². The van der Waals surface area contributed by atoms with Crippen LogP contribution in [0, 0.1) is 21.4 Å². The van der Waals surface area contributed by atoms with E-state index in [1.54, 1.807) is 0 Å². The van der Waals surface area contributed by atoms with Gasteiger partial charge in [-0.25, -0.2) is 0 Å². The molecule has 0 radical (unpaired) electrons. The first-order valence-electron chi connectivity index (χ1n) is 7.85. The van der Waals surface area contributed by atoms with Gasteiger partial charge in [0.2, 0.25) is 0 Å². The fourth-order valence-corrected chi connectivity index (χ4v) is 4.63. The van der Waals surface area contributed by atoms with Gasteiger partial charge in [0.25, 0.3) is 5.09 Å². The minimum atomic E-state index is -0.603. The molecule has 1 aromatic carbocycles. The molecule has 21 heavy (non-hydrogen) atoms. The summed E-state index contributed by atoms with van der Waals surface area (Å²) in [7, 11) is 0. The molecule has 4 atom stereocenters. The highest BCUT2D eigenvalue weighted by molar-refractivity contribution is 5.23. The molecule has 2 aliphatic rings. The highest BCUT2D eigenvalue weighted by atomic mass is 17.0. The summed E-state index contributed by atoms with van der Waals surface area (Å²) in [6, 6.07) is 10.4. The molecule has 4 unspecified atom stereocenters. The maximum Gasteiger partial charge on any atom is 0.295 e. The van der Waals surface area contributed by atoms with Crippen molar-refractivity contribution in [1.29, 1.82) is 0 Å². The van der Waals surface area contributed by atoms with Gasteiger partial charge in [-0.05, 0) is 54.9 Å². The van der Waals surface area contributed by atoms with E-state index in [4.69, 9.17) is 4.84 Å². The molecular formula is C17H23NO3. The summed E-state index contributed by atoms with van der Waals surface area (Å²) < 4.78 is 0. The van der Waals surface area contributed by atoms with E-state index in [9.17, 15) is 10.1 Å². The molecule has 2 aliphatic carbocycles. The normalized spacial score (nSPS) is 38.8. The zero-order chi connectivity index (χ0) is 15.1. The van der Waals surface area contributed by atoms with E-state index in [2.05, 4.69) is 26.0 Å². The smallest absolute Gasteiger partial charge is 0.295 e.